The molecular formula is C23H20FN7O3. The Hall–Kier alpha value is -4.54. The molecule has 11 heteroatoms. The first kappa shape index (κ1) is 21.3. The number of amides is 1. The summed E-state index contributed by atoms with van der Waals surface area (Å²) in [7, 11) is 1.46. The number of carbonyl (C=O) groups is 1. The molecule has 0 spiro atoms. The third-order valence-electron chi connectivity index (χ3n) is 5.38. The van der Waals surface area contributed by atoms with Gasteiger partial charge >= 0.3 is 5.69 Å². The summed E-state index contributed by atoms with van der Waals surface area (Å²) in [5, 5.41) is 2.53. The predicted octanol–water partition coefficient (Wildman–Crippen LogP) is 2.40. The lowest BCUT2D eigenvalue weighted by molar-refractivity contribution is 0.0959. The zero-order valence-electron chi connectivity index (χ0n) is 18.4. The normalized spacial score (nSPS) is 11.3. The number of hydrogen-bond donors (Lipinski definition) is 2. The van der Waals surface area contributed by atoms with Crippen molar-refractivity contribution >= 4 is 28.1 Å². The van der Waals surface area contributed by atoms with Crippen LogP contribution in [0.25, 0.3) is 28.1 Å². The molecule has 34 heavy (non-hydrogen) atoms. The molecule has 0 atom stereocenters. The van der Waals surface area contributed by atoms with Gasteiger partial charge in [-0.1, -0.05) is 18.2 Å². The molecule has 3 heterocycles. The molecule has 0 aliphatic rings. The van der Waals surface area contributed by atoms with Crippen LogP contribution in [0.5, 0.6) is 5.75 Å². The van der Waals surface area contributed by atoms with Gasteiger partial charge in [-0.25, -0.2) is 19.2 Å². The number of nitrogens with one attached hydrogen (secondary N) is 2. The molecule has 1 amide bonds. The van der Waals surface area contributed by atoms with E-state index in [1.165, 1.54) is 40.7 Å². The highest BCUT2D eigenvalue weighted by molar-refractivity contribution is 6.02. The van der Waals surface area contributed by atoms with Crippen molar-refractivity contribution in [3.8, 4) is 11.7 Å². The summed E-state index contributed by atoms with van der Waals surface area (Å²) < 4.78 is 22.5. The van der Waals surface area contributed by atoms with Crippen molar-refractivity contribution in [1.29, 1.82) is 0 Å². The average molecular weight is 461 g/mol. The van der Waals surface area contributed by atoms with E-state index in [4.69, 9.17) is 4.74 Å². The van der Waals surface area contributed by atoms with Crippen LogP contribution in [-0.4, -0.2) is 48.6 Å². The van der Waals surface area contributed by atoms with E-state index in [0.29, 0.717) is 23.4 Å². The molecule has 2 N–H and O–H groups in total. The summed E-state index contributed by atoms with van der Waals surface area (Å²) in [6, 6.07) is 11.5. The minimum atomic E-state index is -0.507. The number of nitrogens with zero attached hydrogens (tertiary/aromatic N) is 5. The molecule has 0 saturated heterocycles. The molecule has 0 aliphatic carbocycles. The summed E-state index contributed by atoms with van der Waals surface area (Å²) in [5.41, 5.74) is 1.66. The molecule has 0 fully saturated rings. The van der Waals surface area contributed by atoms with Crippen molar-refractivity contribution in [2.45, 2.75) is 13.5 Å². The lowest BCUT2D eigenvalue weighted by atomic mass is 10.2. The fraction of sp³-hybridized carbons (Fsp3) is 0.174. The molecular weight excluding hydrogens is 441 g/mol. The first-order chi connectivity index (χ1) is 16.5. The molecule has 0 saturated carbocycles. The summed E-state index contributed by atoms with van der Waals surface area (Å²) in [4.78, 5) is 41.5. The monoisotopic (exact) mass is 461 g/mol. The quantitative estimate of drug-likeness (QED) is 0.401. The number of benzene rings is 2. The summed E-state index contributed by atoms with van der Waals surface area (Å²) >= 11 is 0. The van der Waals surface area contributed by atoms with Gasteiger partial charge in [0, 0.05) is 18.7 Å². The van der Waals surface area contributed by atoms with E-state index >= 15 is 0 Å². The molecule has 2 aromatic carbocycles. The number of ether oxygens (including phenoxy) is 1. The number of rotatable bonds is 6. The maximum absolute atomic E-state index is 13.9. The molecule has 10 nitrogen and oxygen atoms in total. The van der Waals surface area contributed by atoms with Gasteiger partial charge in [0.05, 0.1) is 24.2 Å². The number of aromatic nitrogens is 6. The lowest BCUT2D eigenvalue weighted by Gasteiger charge is -2.11. The second-order valence-electron chi connectivity index (χ2n) is 7.45. The van der Waals surface area contributed by atoms with Crippen LogP contribution in [0.4, 0.5) is 4.39 Å². The number of hydrogen-bond acceptors (Lipinski definition) is 6. The largest absolute Gasteiger partial charge is 0.494 e. The number of H-pyrrole nitrogens is 1. The van der Waals surface area contributed by atoms with Crippen LogP contribution in [0, 0.1) is 5.82 Å². The number of carbonyl (C=O) groups excluding carboxylic acids is 1. The number of imidazole rings is 2. The van der Waals surface area contributed by atoms with Crippen LogP contribution in [0.15, 0.2) is 53.6 Å². The minimum Gasteiger partial charge on any atom is -0.494 e. The summed E-state index contributed by atoms with van der Waals surface area (Å²) in [5.74, 6) is -0.242. The van der Waals surface area contributed by atoms with Gasteiger partial charge in [0.25, 0.3) is 5.91 Å². The van der Waals surface area contributed by atoms with Gasteiger partial charge in [-0.2, -0.15) is 4.98 Å². The predicted molar refractivity (Wildman–Crippen MR) is 123 cm³/mol. The van der Waals surface area contributed by atoms with E-state index in [2.05, 4.69) is 25.3 Å². The van der Waals surface area contributed by atoms with Gasteiger partial charge in [-0.3, -0.25) is 13.9 Å². The van der Waals surface area contributed by atoms with Crippen LogP contribution in [0.1, 0.15) is 23.0 Å². The van der Waals surface area contributed by atoms with Crippen molar-refractivity contribution < 1.29 is 13.9 Å². The fourth-order valence-electron chi connectivity index (χ4n) is 3.80. The average Bonchev–Trinajstić information content (AvgIpc) is 3.39. The van der Waals surface area contributed by atoms with E-state index in [9.17, 15) is 14.0 Å². The summed E-state index contributed by atoms with van der Waals surface area (Å²) in [6.07, 6.45) is 1.44. The smallest absolute Gasteiger partial charge is 0.328 e. The van der Waals surface area contributed by atoms with Gasteiger partial charge < -0.3 is 15.0 Å². The molecule has 0 aliphatic heterocycles. The van der Waals surface area contributed by atoms with E-state index < -0.39 is 17.4 Å². The molecule has 0 radical (unpaired) electrons. The van der Waals surface area contributed by atoms with Crippen molar-refractivity contribution in [3.63, 3.8) is 0 Å². The molecule has 0 bridgehead atoms. The second kappa shape index (κ2) is 8.43. The second-order valence-corrected chi connectivity index (χ2v) is 7.45. The first-order valence-corrected chi connectivity index (χ1v) is 10.6. The number of halogens is 1. The van der Waals surface area contributed by atoms with Gasteiger partial charge in [-0.05, 0) is 25.1 Å². The van der Waals surface area contributed by atoms with Crippen LogP contribution in [0.2, 0.25) is 0 Å². The van der Waals surface area contributed by atoms with Crippen molar-refractivity contribution in [1.82, 2.24) is 34.4 Å². The van der Waals surface area contributed by atoms with E-state index in [-0.39, 0.29) is 29.4 Å². The Balaban J connectivity index is 1.74. The van der Waals surface area contributed by atoms with E-state index in [0.717, 1.165) is 5.56 Å². The Morgan fingerprint density at radius 3 is 2.82 bits per heavy atom. The maximum atomic E-state index is 13.9. The zero-order valence-corrected chi connectivity index (χ0v) is 18.4. The van der Waals surface area contributed by atoms with Gasteiger partial charge in [0.1, 0.15) is 23.4 Å². The SMILES string of the molecule is CCOc1ccccc1Cn1c(=O)[nH]c2c(C(=O)NC)nc(-n3cnc4ccc(F)cc43)nc21. The third kappa shape index (κ3) is 3.56. The van der Waals surface area contributed by atoms with Gasteiger partial charge in [-0.15, -0.1) is 0 Å². The van der Waals surface area contributed by atoms with Gasteiger partial charge in [0.2, 0.25) is 5.95 Å². The molecule has 5 aromatic rings. The molecule has 3 aromatic heterocycles. The van der Waals surface area contributed by atoms with Crippen LogP contribution in [-0.2, 0) is 6.54 Å². The minimum absolute atomic E-state index is 0.0188. The topological polar surface area (TPSA) is 120 Å². The first-order valence-electron chi connectivity index (χ1n) is 10.6. The van der Waals surface area contributed by atoms with Crippen molar-refractivity contribution in [2.75, 3.05) is 13.7 Å². The van der Waals surface area contributed by atoms with Gasteiger partial charge in [0.15, 0.2) is 11.3 Å². The van der Waals surface area contributed by atoms with Crippen LogP contribution >= 0.6 is 0 Å². The molecule has 5 rings (SSSR count). The highest BCUT2D eigenvalue weighted by Crippen LogP contribution is 2.23. The Bertz CT molecular complexity index is 1600. The van der Waals surface area contributed by atoms with E-state index in [1.54, 1.807) is 0 Å². The highest BCUT2D eigenvalue weighted by atomic mass is 19.1. The Kier molecular flexibility index (Phi) is 5.28. The zero-order chi connectivity index (χ0) is 23.8. The molecule has 0 unspecified atom stereocenters. The van der Waals surface area contributed by atoms with Crippen LogP contribution < -0.4 is 15.7 Å². The van der Waals surface area contributed by atoms with Crippen LogP contribution in [0.3, 0.4) is 0 Å². The molecule has 172 valence electrons. The standard InChI is InChI=1S/C23H20FN7O3/c1-3-34-17-7-5-4-6-13(17)11-30-20-18(28-23(30)33)19(21(32)25-2)27-22(29-20)31-12-26-15-9-8-14(24)10-16(15)31/h4-10,12H,3,11H2,1-2H3,(H,25,32)(H,28,33). The number of aromatic amines is 1. The Labute approximate surface area is 192 Å². The van der Waals surface area contributed by atoms with Crippen molar-refractivity contribution in [3.05, 3.63) is 76.4 Å². The number of fused-ring (bicyclic) bond motifs is 2. The summed E-state index contributed by atoms with van der Waals surface area (Å²) in [6.45, 7) is 2.50. The highest BCUT2D eigenvalue weighted by Gasteiger charge is 2.22. The lowest BCUT2D eigenvalue weighted by Crippen LogP contribution is -2.21. The number of para-hydroxylation sites is 1. The van der Waals surface area contributed by atoms with Crippen molar-refractivity contribution in [2.24, 2.45) is 0 Å². The maximum Gasteiger partial charge on any atom is 0.328 e. The fourth-order valence-corrected chi connectivity index (χ4v) is 3.80. The Morgan fingerprint density at radius 2 is 2.03 bits per heavy atom. The van der Waals surface area contributed by atoms with E-state index in [1.807, 2.05) is 31.2 Å². The third-order valence-corrected chi connectivity index (χ3v) is 5.38. The Morgan fingerprint density at radius 1 is 1.21 bits per heavy atom.